The summed E-state index contributed by atoms with van der Waals surface area (Å²) < 4.78 is 9.27. The van der Waals surface area contributed by atoms with Crippen LogP contribution >= 0.6 is 0 Å². The molecule has 0 aliphatic heterocycles. The van der Waals surface area contributed by atoms with E-state index in [1.165, 1.54) is 35.4 Å². The molecule has 0 aliphatic rings. The first-order valence-electron chi connectivity index (χ1n) is 11.2. The predicted molar refractivity (Wildman–Crippen MR) is 137 cm³/mol. The van der Waals surface area contributed by atoms with Crippen molar-refractivity contribution in [1.29, 1.82) is 0 Å². The van der Waals surface area contributed by atoms with Gasteiger partial charge in [-0.3, -0.25) is 24.0 Å². The number of nitro benzene ring substituents is 1. The summed E-state index contributed by atoms with van der Waals surface area (Å²) in [4.78, 5) is 40.3. The Morgan fingerprint density at radius 2 is 1.81 bits per heavy atom. The van der Waals surface area contributed by atoms with E-state index in [0.717, 1.165) is 4.57 Å². The highest BCUT2D eigenvalue weighted by atomic mass is 16.6. The molecule has 13 nitrogen and oxygen atoms in total. The van der Waals surface area contributed by atoms with Crippen molar-refractivity contribution in [3.63, 3.8) is 0 Å². The Hall–Kier alpha value is -4.78. The van der Waals surface area contributed by atoms with Crippen LogP contribution in [0, 0.1) is 10.1 Å². The van der Waals surface area contributed by atoms with Gasteiger partial charge in [-0.25, -0.2) is 10.2 Å². The number of aliphatic hydroxyl groups is 1. The molecule has 37 heavy (non-hydrogen) atoms. The Kier molecular flexibility index (Phi) is 7.15. The van der Waals surface area contributed by atoms with Gasteiger partial charge in [0.2, 0.25) is 5.95 Å². The van der Waals surface area contributed by atoms with Gasteiger partial charge in [0, 0.05) is 26.2 Å². The summed E-state index contributed by atoms with van der Waals surface area (Å²) in [5.74, 6) is 0.699. The predicted octanol–water partition coefficient (Wildman–Crippen LogP) is 1.62. The Morgan fingerprint density at radius 1 is 1.14 bits per heavy atom. The maximum atomic E-state index is 13.0. The largest absolute Gasteiger partial charge is 0.491 e. The molecule has 1 unspecified atom stereocenters. The van der Waals surface area contributed by atoms with E-state index in [9.17, 15) is 24.8 Å². The summed E-state index contributed by atoms with van der Waals surface area (Å²) in [6.45, 7) is 1.56. The molecule has 0 spiro atoms. The van der Waals surface area contributed by atoms with Crippen molar-refractivity contribution < 1.29 is 14.8 Å². The number of hydrazone groups is 1. The number of nitrogens with one attached hydrogen (secondary N) is 1. The van der Waals surface area contributed by atoms with Crippen LogP contribution < -0.4 is 21.4 Å². The minimum absolute atomic E-state index is 0.0465. The van der Waals surface area contributed by atoms with Gasteiger partial charge in [0.05, 0.1) is 17.2 Å². The second-order valence-corrected chi connectivity index (χ2v) is 8.31. The Morgan fingerprint density at radius 3 is 2.46 bits per heavy atom. The minimum atomic E-state index is -1.03. The van der Waals surface area contributed by atoms with Crippen LogP contribution in [0.5, 0.6) is 5.75 Å². The zero-order chi connectivity index (χ0) is 26.7. The normalized spacial score (nSPS) is 12.5. The fourth-order valence-electron chi connectivity index (χ4n) is 3.70. The number of aryl methyl sites for hydroxylation is 1. The number of non-ortho nitro benzene ring substituents is 1. The van der Waals surface area contributed by atoms with Crippen LogP contribution in [0.1, 0.15) is 12.5 Å². The van der Waals surface area contributed by atoms with Crippen LogP contribution in [0.4, 0.5) is 11.6 Å². The second-order valence-electron chi connectivity index (χ2n) is 8.31. The number of hydrogen-bond donors (Lipinski definition) is 2. The summed E-state index contributed by atoms with van der Waals surface area (Å²) in [5.41, 5.74) is 2.97. The van der Waals surface area contributed by atoms with E-state index in [4.69, 9.17) is 4.74 Å². The van der Waals surface area contributed by atoms with E-state index >= 15 is 0 Å². The number of nitro groups is 1. The summed E-state index contributed by atoms with van der Waals surface area (Å²) in [6, 6.07) is 14.8. The van der Waals surface area contributed by atoms with Crippen LogP contribution in [0.15, 0.2) is 69.3 Å². The third-order valence-corrected chi connectivity index (χ3v) is 5.75. The molecule has 0 bridgehead atoms. The molecule has 0 aliphatic carbocycles. The number of ether oxygens (including phenoxy) is 1. The molecule has 0 radical (unpaired) electrons. The molecular formula is C24H25N7O6. The van der Waals surface area contributed by atoms with Crippen molar-refractivity contribution in [2.75, 3.05) is 12.0 Å². The van der Waals surface area contributed by atoms with Gasteiger partial charge in [-0.1, -0.05) is 18.2 Å². The van der Waals surface area contributed by atoms with Crippen LogP contribution in [-0.4, -0.2) is 47.1 Å². The van der Waals surface area contributed by atoms with Gasteiger partial charge in [0.15, 0.2) is 11.2 Å². The lowest BCUT2D eigenvalue weighted by atomic mass is 10.1. The zero-order valence-electron chi connectivity index (χ0n) is 20.4. The Bertz CT molecular complexity index is 1590. The van der Waals surface area contributed by atoms with Crippen molar-refractivity contribution >= 4 is 28.5 Å². The first-order valence-corrected chi connectivity index (χ1v) is 11.2. The highest BCUT2D eigenvalue weighted by Gasteiger charge is 2.21. The second kappa shape index (κ2) is 10.5. The number of nitrogens with zero attached hydrogens (tertiary/aromatic N) is 6. The van der Waals surface area contributed by atoms with Gasteiger partial charge in [-0.15, -0.1) is 0 Å². The van der Waals surface area contributed by atoms with Crippen molar-refractivity contribution in [3.05, 3.63) is 91.1 Å². The van der Waals surface area contributed by atoms with Crippen LogP contribution in [0.25, 0.3) is 11.2 Å². The number of imidazole rings is 1. The molecule has 0 fully saturated rings. The van der Waals surface area contributed by atoms with E-state index in [1.54, 1.807) is 31.2 Å². The van der Waals surface area contributed by atoms with Crippen molar-refractivity contribution in [2.45, 2.75) is 19.6 Å². The number of anilines is 1. The van der Waals surface area contributed by atoms with Gasteiger partial charge in [0.1, 0.15) is 18.5 Å². The molecule has 13 heteroatoms. The Labute approximate surface area is 210 Å². The maximum Gasteiger partial charge on any atom is 0.332 e. The van der Waals surface area contributed by atoms with E-state index in [-0.39, 0.29) is 36.0 Å². The molecule has 0 saturated carbocycles. The topological polar surface area (TPSA) is 159 Å². The molecule has 0 saturated heterocycles. The van der Waals surface area contributed by atoms with Crippen molar-refractivity contribution in [3.8, 4) is 5.75 Å². The average Bonchev–Trinajstić information content (AvgIpc) is 3.26. The highest BCUT2D eigenvalue weighted by Crippen LogP contribution is 2.18. The number of benzene rings is 2. The smallest absolute Gasteiger partial charge is 0.332 e. The highest BCUT2D eigenvalue weighted by molar-refractivity contribution is 5.99. The number of rotatable bonds is 9. The van der Waals surface area contributed by atoms with Gasteiger partial charge in [0.25, 0.3) is 11.2 Å². The third-order valence-electron chi connectivity index (χ3n) is 5.75. The van der Waals surface area contributed by atoms with Crippen LogP contribution in [0.2, 0.25) is 0 Å². The first-order chi connectivity index (χ1) is 17.7. The molecule has 2 heterocycles. The van der Waals surface area contributed by atoms with E-state index in [2.05, 4.69) is 15.5 Å². The van der Waals surface area contributed by atoms with Crippen molar-refractivity contribution in [1.82, 2.24) is 18.7 Å². The summed E-state index contributed by atoms with van der Waals surface area (Å²) in [5, 5.41) is 25.9. The van der Waals surface area contributed by atoms with Gasteiger partial charge in [-0.05, 0) is 36.8 Å². The number of aliphatic hydroxyl groups excluding tert-OH is 1. The zero-order valence-corrected chi connectivity index (χ0v) is 20.4. The quantitative estimate of drug-likeness (QED) is 0.196. The molecule has 2 aromatic heterocycles. The lowest BCUT2D eigenvalue weighted by molar-refractivity contribution is -0.384. The molecule has 2 N–H and O–H groups in total. The molecular weight excluding hydrogens is 482 g/mol. The standard InChI is InChI=1S/C24H25N7O6/c1-15(16-9-11-17(12-10-16)31(35)36)26-27-23-25-21-20(22(33)29(3)24(34)28(21)2)30(23)13-18(32)14-37-19-7-5-4-6-8-19/h4-12,18,32H,13-14H2,1-3H3,(H,25,27). The fourth-order valence-corrected chi connectivity index (χ4v) is 3.70. The van der Waals surface area contributed by atoms with E-state index in [0.29, 0.717) is 17.0 Å². The lowest BCUT2D eigenvalue weighted by Crippen LogP contribution is -2.38. The van der Waals surface area contributed by atoms with E-state index < -0.39 is 22.3 Å². The van der Waals surface area contributed by atoms with E-state index in [1.807, 2.05) is 18.2 Å². The average molecular weight is 508 g/mol. The van der Waals surface area contributed by atoms with Gasteiger partial charge >= 0.3 is 5.69 Å². The van der Waals surface area contributed by atoms with Crippen molar-refractivity contribution in [2.24, 2.45) is 19.2 Å². The monoisotopic (exact) mass is 507 g/mol. The fraction of sp³-hybridized carbons (Fsp3) is 0.250. The molecule has 1 atom stereocenters. The van der Waals surface area contributed by atoms with Crippen LogP contribution in [-0.2, 0) is 20.6 Å². The number of para-hydroxylation sites is 1. The molecule has 4 rings (SSSR count). The number of fused-ring (bicyclic) bond motifs is 1. The summed E-state index contributed by atoms with van der Waals surface area (Å²) >= 11 is 0. The minimum Gasteiger partial charge on any atom is -0.491 e. The maximum absolute atomic E-state index is 13.0. The molecule has 192 valence electrons. The van der Waals surface area contributed by atoms with Gasteiger partial charge < -0.3 is 14.4 Å². The molecule has 0 amide bonds. The number of hydrogen-bond acceptors (Lipinski definition) is 9. The first kappa shape index (κ1) is 25.3. The Balaban J connectivity index is 1.68. The SMILES string of the molecule is CC(=NNc1nc2c(c(=O)n(C)c(=O)n2C)n1CC(O)COc1ccccc1)c1ccc([N+](=O)[O-])cc1. The lowest BCUT2D eigenvalue weighted by Gasteiger charge is -2.15. The molecule has 2 aromatic carbocycles. The van der Waals surface area contributed by atoms with Crippen LogP contribution in [0.3, 0.4) is 0 Å². The third kappa shape index (κ3) is 5.26. The summed E-state index contributed by atoms with van der Waals surface area (Å²) in [6.07, 6.45) is -1.03. The summed E-state index contributed by atoms with van der Waals surface area (Å²) in [7, 11) is 2.85. The number of aromatic nitrogens is 4. The molecule has 4 aromatic rings. The van der Waals surface area contributed by atoms with Gasteiger partial charge in [-0.2, -0.15) is 10.1 Å².